The Morgan fingerprint density at radius 2 is 1.42 bits per heavy atom. The molecule has 0 radical (unpaired) electrons. The number of methoxy groups -OCH3 is 1. The van der Waals surface area contributed by atoms with Crippen LogP contribution in [-0.4, -0.2) is 54.8 Å². The van der Waals surface area contributed by atoms with Crippen LogP contribution in [0.1, 0.15) is 23.7 Å². The minimum atomic E-state index is -4.35. The van der Waals surface area contributed by atoms with E-state index in [4.69, 9.17) is 29.3 Å². The van der Waals surface area contributed by atoms with Gasteiger partial charge in [0.25, 0.3) is 0 Å². The maximum atomic E-state index is 12.7. The molecular formula is C21H24F3NO6. The fourth-order valence-electron chi connectivity index (χ4n) is 2.37. The van der Waals surface area contributed by atoms with Crippen molar-refractivity contribution in [2.75, 3.05) is 27.7 Å². The van der Waals surface area contributed by atoms with E-state index in [1.807, 2.05) is 43.3 Å². The van der Waals surface area contributed by atoms with E-state index in [0.29, 0.717) is 12.2 Å². The molecule has 0 bridgehead atoms. The number of carboxylic acids is 2. The largest absolute Gasteiger partial charge is 0.497 e. The highest BCUT2D eigenvalue weighted by molar-refractivity contribution is 6.27. The van der Waals surface area contributed by atoms with E-state index in [-0.39, 0.29) is 6.10 Å². The Morgan fingerprint density at radius 3 is 1.81 bits per heavy atom. The van der Waals surface area contributed by atoms with Crippen LogP contribution in [0.15, 0.2) is 48.5 Å². The maximum Gasteiger partial charge on any atom is 0.416 e. The second kappa shape index (κ2) is 11.8. The highest BCUT2D eigenvalue weighted by Gasteiger charge is 2.30. The molecule has 0 saturated heterocycles. The molecule has 1 atom stereocenters. The van der Waals surface area contributed by atoms with Gasteiger partial charge in [-0.05, 0) is 56.1 Å². The molecule has 0 spiro atoms. The van der Waals surface area contributed by atoms with Crippen LogP contribution in [0, 0.1) is 0 Å². The summed E-state index contributed by atoms with van der Waals surface area (Å²) in [7, 11) is 5.52. The molecule has 0 heterocycles. The predicted octanol–water partition coefficient (Wildman–Crippen LogP) is 3.94. The molecule has 0 aliphatic carbocycles. The van der Waals surface area contributed by atoms with Gasteiger partial charge in [0.1, 0.15) is 17.6 Å². The van der Waals surface area contributed by atoms with E-state index in [1.54, 1.807) is 7.11 Å². The molecule has 2 rings (SSSR count). The van der Waals surface area contributed by atoms with Gasteiger partial charge in [0.15, 0.2) is 0 Å². The minimum absolute atomic E-state index is 0.259. The number of halogens is 3. The number of ether oxygens (including phenoxy) is 2. The first kappa shape index (κ1) is 25.8. The average Bonchev–Trinajstić information content (AvgIpc) is 2.71. The molecule has 31 heavy (non-hydrogen) atoms. The van der Waals surface area contributed by atoms with Gasteiger partial charge in [-0.1, -0.05) is 12.1 Å². The van der Waals surface area contributed by atoms with Crippen molar-refractivity contribution < 1.29 is 42.4 Å². The third-order valence-corrected chi connectivity index (χ3v) is 3.97. The van der Waals surface area contributed by atoms with Crippen molar-refractivity contribution in [3.05, 3.63) is 59.7 Å². The topological polar surface area (TPSA) is 96.3 Å². The second-order valence-corrected chi connectivity index (χ2v) is 6.60. The fraction of sp³-hybridized carbons (Fsp3) is 0.333. The lowest BCUT2D eigenvalue weighted by molar-refractivity contribution is -0.159. The number of hydrogen-bond donors (Lipinski definition) is 2. The molecule has 0 aliphatic rings. The summed E-state index contributed by atoms with van der Waals surface area (Å²) in [5.41, 5.74) is 0.261. The van der Waals surface area contributed by atoms with Crippen LogP contribution in [0.3, 0.4) is 0 Å². The number of hydrogen-bond acceptors (Lipinski definition) is 5. The number of aliphatic carboxylic acids is 2. The Kier molecular flexibility index (Phi) is 9.81. The summed E-state index contributed by atoms with van der Waals surface area (Å²) in [6.07, 6.45) is -3.90. The number of carbonyl (C=O) groups is 2. The van der Waals surface area contributed by atoms with E-state index in [9.17, 15) is 13.2 Å². The van der Waals surface area contributed by atoms with Crippen LogP contribution in [0.25, 0.3) is 0 Å². The summed E-state index contributed by atoms with van der Waals surface area (Å²) in [4.78, 5) is 20.2. The van der Waals surface area contributed by atoms with Gasteiger partial charge in [-0.3, -0.25) is 0 Å². The van der Waals surface area contributed by atoms with Crippen LogP contribution in [-0.2, 0) is 15.8 Å². The maximum absolute atomic E-state index is 12.7. The zero-order valence-corrected chi connectivity index (χ0v) is 17.2. The number of carboxylic acid groups (broad SMARTS) is 2. The van der Waals surface area contributed by atoms with Gasteiger partial charge in [-0.2, -0.15) is 13.2 Å². The number of alkyl halides is 3. The first-order valence-corrected chi connectivity index (χ1v) is 9.02. The summed E-state index contributed by atoms with van der Waals surface area (Å²) in [6.45, 7) is 0.789. The molecule has 170 valence electrons. The lowest BCUT2D eigenvalue weighted by Crippen LogP contribution is -2.18. The van der Waals surface area contributed by atoms with E-state index < -0.39 is 23.7 Å². The monoisotopic (exact) mass is 443 g/mol. The van der Waals surface area contributed by atoms with E-state index in [1.165, 1.54) is 12.1 Å². The molecule has 7 nitrogen and oxygen atoms in total. The average molecular weight is 443 g/mol. The van der Waals surface area contributed by atoms with Crippen molar-refractivity contribution in [1.82, 2.24) is 4.90 Å². The molecule has 1 unspecified atom stereocenters. The number of nitrogens with zero attached hydrogens (tertiary/aromatic N) is 1. The lowest BCUT2D eigenvalue weighted by Gasteiger charge is -2.22. The van der Waals surface area contributed by atoms with E-state index in [2.05, 4.69) is 0 Å². The molecule has 0 saturated carbocycles. The highest BCUT2D eigenvalue weighted by Crippen LogP contribution is 2.32. The molecule has 2 aromatic rings. The van der Waals surface area contributed by atoms with Crippen LogP contribution in [0.4, 0.5) is 13.2 Å². The Labute approximate surface area is 177 Å². The zero-order valence-electron chi connectivity index (χ0n) is 17.2. The van der Waals surface area contributed by atoms with Crippen LogP contribution in [0.5, 0.6) is 11.5 Å². The van der Waals surface area contributed by atoms with Gasteiger partial charge >= 0.3 is 18.1 Å². The summed E-state index contributed by atoms with van der Waals surface area (Å²) >= 11 is 0. The zero-order chi connectivity index (χ0) is 23.6. The molecule has 10 heteroatoms. The van der Waals surface area contributed by atoms with Crippen molar-refractivity contribution >= 4 is 11.9 Å². The van der Waals surface area contributed by atoms with Gasteiger partial charge in [0.2, 0.25) is 0 Å². The van der Waals surface area contributed by atoms with Gasteiger partial charge in [0, 0.05) is 13.0 Å². The van der Waals surface area contributed by atoms with E-state index in [0.717, 1.165) is 30.0 Å². The van der Waals surface area contributed by atoms with Gasteiger partial charge in [-0.25, -0.2) is 9.59 Å². The summed E-state index contributed by atoms with van der Waals surface area (Å²) in [5, 5.41) is 14.8. The molecular weight excluding hydrogens is 419 g/mol. The van der Waals surface area contributed by atoms with Gasteiger partial charge in [0.05, 0.1) is 12.7 Å². The van der Waals surface area contributed by atoms with Gasteiger partial charge < -0.3 is 24.6 Å². The molecule has 0 fully saturated rings. The summed E-state index contributed by atoms with van der Waals surface area (Å²) in [5.74, 6) is -2.50. The SMILES string of the molecule is COc1ccc(C(CCN(C)C)Oc2ccc(C(F)(F)F)cc2)cc1.O=C(O)C(=O)O. The van der Waals surface area contributed by atoms with Crippen LogP contribution >= 0.6 is 0 Å². The normalized spacial score (nSPS) is 11.8. The first-order chi connectivity index (χ1) is 14.4. The van der Waals surface area contributed by atoms with Crippen molar-refractivity contribution in [3.63, 3.8) is 0 Å². The Morgan fingerprint density at radius 1 is 0.935 bits per heavy atom. The predicted molar refractivity (Wildman–Crippen MR) is 106 cm³/mol. The smallest absolute Gasteiger partial charge is 0.416 e. The molecule has 2 N–H and O–H groups in total. The molecule has 2 aromatic carbocycles. The van der Waals surface area contributed by atoms with Crippen molar-refractivity contribution in [2.24, 2.45) is 0 Å². The minimum Gasteiger partial charge on any atom is -0.497 e. The van der Waals surface area contributed by atoms with Crippen molar-refractivity contribution in [3.8, 4) is 11.5 Å². The third kappa shape index (κ3) is 9.39. The van der Waals surface area contributed by atoms with Crippen molar-refractivity contribution in [2.45, 2.75) is 18.7 Å². The van der Waals surface area contributed by atoms with E-state index >= 15 is 0 Å². The first-order valence-electron chi connectivity index (χ1n) is 9.02. The summed E-state index contributed by atoms with van der Waals surface area (Å²) < 4.78 is 49.1. The van der Waals surface area contributed by atoms with Crippen LogP contribution < -0.4 is 9.47 Å². The van der Waals surface area contributed by atoms with Crippen LogP contribution in [0.2, 0.25) is 0 Å². The molecule has 0 aliphatic heterocycles. The highest BCUT2D eigenvalue weighted by atomic mass is 19.4. The second-order valence-electron chi connectivity index (χ2n) is 6.60. The summed E-state index contributed by atoms with van der Waals surface area (Å²) in [6, 6.07) is 12.3. The fourth-order valence-corrected chi connectivity index (χ4v) is 2.37. The third-order valence-electron chi connectivity index (χ3n) is 3.97. The Bertz CT molecular complexity index is 824. The number of rotatable bonds is 7. The van der Waals surface area contributed by atoms with Gasteiger partial charge in [-0.15, -0.1) is 0 Å². The lowest BCUT2D eigenvalue weighted by atomic mass is 10.1. The standard InChI is InChI=1S/C19H22F3NO2.C2H2O4/c1-23(2)13-12-18(14-4-8-16(24-3)9-5-14)25-17-10-6-15(7-11-17)19(20,21)22;3-1(4)2(5)6/h4-11,18H,12-13H2,1-3H3;(H,3,4)(H,5,6). The molecule has 0 aromatic heterocycles. The Hall–Kier alpha value is -3.27. The number of benzene rings is 2. The Balaban J connectivity index is 0.000000703. The van der Waals surface area contributed by atoms with Crippen molar-refractivity contribution in [1.29, 1.82) is 0 Å². The molecule has 0 amide bonds. The quantitative estimate of drug-likeness (QED) is 0.626.